The van der Waals surface area contributed by atoms with Gasteiger partial charge in [0.2, 0.25) is 5.89 Å². The molecule has 0 spiro atoms. The summed E-state index contributed by atoms with van der Waals surface area (Å²) >= 11 is 1.80. The average molecular weight is 698 g/mol. The number of nitrogens with zero attached hydrogens (tertiary/aromatic N) is 5. The highest BCUT2D eigenvalue weighted by atomic mass is 32.1. The van der Waals surface area contributed by atoms with Gasteiger partial charge in [-0.1, -0.05) is 84.9 Å². The smallest absolute Gasteiger partial charge is 0.227 e. The lowest BCUT2D eigenvalue weighted by Crippen LogP contribution is -2.00. The fourth-order valence-corrected chi connectivity index (χ4v) is 8.44. The third-order valence-corrected chi connectivity index (χ3v) is 11.1. The summed E-state index contributed by atoms with van der Waals surface area (Å²) in [5.41, 5.74) is 8.45. The Labute approximate surface area is 307 Å². The lowest BCUT2D eigenvalue weighted by atomic mass is 10.1. The van der Waals surface area contributed by atoms with Crippen LogP contribution in [0.5, 0.6) is 0 Å². The van der Waals surface area contributed by atoms with Crippen molar-refractivity contribution in [1.82, 2.24) is 24.5 Å². The van der Waals surface area contributed by atoms with Gasteiger partial charge in [-0.25, -0.2) is 19.9 Å². The van der Waals surface area contributed by atoms with Gasteiger partial charge in [0.25, 0.3) is 0 Å². The standard InChI is InChI=1S/C46H27N5OS/c1-2-10-28(11-3-1)43-48-44(30-21-25-42-36(26-30)35-14-6-9-17-41(35)53-42)50-45(49-43)31-20-24-37-40(27-31)52-46(47-37)29-18-22-32(23-19-29)51-38-15-7-4-12-33(38)34-13-5-8-16-39(34)51/h1-27H. The van der Waals surface area contributed by atoms with Crippen molar-refractivity contribution in [2.24, 2.45) is 0 Å². The highest BCUT2D eigenvalue weighted by molar-refractivity contribution is 7.25. The Kier molecular flexibility index (Phi) is 6.62. The molecule has 0 unspecified atom stereocenters. The zero-order chi connectivity index (χ0) is 34.9. The van der Waals surface area contributed by atoms with Gasteiger partial charge in [-0.15, -0.1) is 11.3 Å². The summed E-state index contributed by atoms with van der Waals surface area (Å²) in [5, 5.41) is 4.91. The van der Waals surface area contributed by atoms with Crippen LogP contribution in [-0.4, -0.2) is 24.5 Å². The second-order valence-electron chi connectivity index (χ2n) is 13.1. The molecule has 0 aliphatic carbocycles. The van der Waals surface area contributed by atoms with E-state index in [-0.39, 0.29) is 0 Å². The van der Waals surface area contributed by atoms with Gasteiger partial charge in [0.1, 0.15) is 5.52 Å². The Hall–Kier alpha value is -6.96. The van der Waals surface area contributed by atoms with Crippen molar-refractivity contribution in [2.45, 2.75) is 0 Å². The van der Waals surface area contributed by atoms with E-state index < -0.39 is 0 Å². The summed E-state index contributed by atoms with van der Waals surface area (Å²) in [4.78, 5) is 19.8. The minimum absolute atomic E-state index is 0.559. The molecule has 11 rings (SSSR count). The van der Waals surface area contributed by atoms with Crippen molar-refractivity contribution in [3.63, 3.8) is 0 Å². The summed E-state index contributed by atoms with van der Waals surface area (Å²) in [5.74, 6) is 2.36. The zero-order valence-corrected chi connectivity index (χ0v) is 29.0. The first-order chi connectivity index (χ1) is 26.2. The largest absolute Gasteiger partial charge is 0.436 e. The predicted molar refractivity (Wildman–Crippen MR) is 216 cm³/mol. The Balaban J connectivity index is 0.982. The molecule has 0 bridgehead atoms. The number of hydrogen-bond acceptors (Lipinski definition) is 6. The monoisotopic (exact) mass is 697 g/mol. The molecule has 0 saturated carbocycles. The summed E-state index contributed by atoms with van der Waals surface area (Å²) in [6.07, 6.45) is 0. The molecule has 0 aliphatic heterocycles. The number of benzene rings is 7. The maximum atomic E-state index is 6.41. The van der Waals surface area contributed by atoms with Gasteiger partial charge in [-0.2, -0.15) is 0 Å². The van der Waals surface area contributed by atoms with Crippen LogP contribution >= 0.6 is 11.3 Å². The van der Waals surface area contributed by atoms with Gasteiger partial charge in [-0.3, -0.25) is 0 Å². The van der Waals surface area contributed by atoms with Crippen LogP contribution in [0.15, 0.2) is 168 Å². The number of fused-ring (bicyclic) bond motifs is 7. The molecule has 53 heavy (non-hydrogen) atoms. The maximum absolute atomic E-state index is 6.41. The van der Waals surface area contributed by atoms with E-state index in [4.69, 9.17) is 24.4 Å². The summed E-state index contributed by atoms with van der Waals surface area (Å²) in [6.45, 7) is 0. The van der Waals surface area contributed by atoms with E-state index in [1.165, 1.54) is 42.0 Å². The fraction of sp³-hybridized carbons (Fsp3) is 0. The highest BCUT2D eigenvalue weighted by Crippen LogP contribution is 2.37. The molecule has 0 N–H and O–H groups in total. The Bertz CT molecular complexity index is 3120. The van der Waals surface area contributed by atoms with Crippen molar-refractivity contribution in [1.29, 1.82) is 0 Å². The maximum Gasteiger partial charge on any atom is 0.227 e. The third kappa shape index (κ3) is 4.93. The van der Waals surface area contributed by atoms with Gasteiger partial charge < -0.3 is 8.98 Å². The molecule has 7 heteroatoms. The topological polar surface area (TPSA) is 69.6 Å². The lowest BCUT2D eigenvalue weighted by molar-refractivity contribution is 0.620. The molecule has 11 aromatic rings. The second kappa shape index (κ2) is 11.8. The molecule has 7 aromatic carbocycles. The molecule has 248 valence electrons. The van der Waals surface area contributed by atoms with Crippen LogP contribution in [-0.2, 0) is 0 Å². The number of para-hydroxylation sites is 2. The van der Waals surface area contributed by atoms with Crippen LogP contribution in [0.4, 0.5) is 0 Å². The van der Waals surface area contributed by atoms with Gasteiger partial charge in [0, 0.05) is 58.9 Å². The number of aromatic nitrogens is 5. The van der Waals surface area contributed by atoms with E-state index in [0.717, 1.165) is 33.5 Å². The number of oxazole rings is 1. The van der Waals surface area contributed by atoms with Gasteiger partial charge in [0.15, 0.2) is 23.1 Å². The first-order valence-corrected chi connectivity index (χ1v) is 18.3. The molecule has 0 amide bonds. The molecule has 0 saturated heterocycles. The SMILES string of the molecule is c1ccc(-c2nc(-c3ccc4nc(-c5ccc(-n6c7ccccc7c7ccccc76)cc5)oc4c3)nc(-c3ccc4sc5ccccc5c4c3)n2)cc1. The normalized spacial score (nSPS) is 11.8. The van der Waals surface area contributed by atoms with Crippen LogP contribution in [0.1, 0.15) is 0 Å². The summed E-state index contributed by atoms with van der Waals surface area (Å²) < 4.78 is 11.2. The molecular weight excluding hydrogens is 671 g/mol. The quantitative estimate of drug-likeness (QED) is 0.179. The fourth-order valence-electron chi connectivity index (χ4n) is 7.36. The van der Waals surface area contributed by atoms with Crippen molar-refractivity contribution in [3.05, 3.63) is 164 Å². The average Bonchev–Trinajstić information content (AvgIpc) is 3.92. The van der Waals surface area contributed by atoms with Crippen LogP contribution in [0, 0.1) is 0 Å². The minimum atomic E-state index is 0.559. The molecule has 6 nitrogen and oxygen atoms in total. The Morgan fingerprint density at radius 1 is 0.415 bits per heavy atom. The molecule has 0 radical (unpaired) electrons. The molecule has 4 aromatic heterocycles. The first kappa shape index (κ1) is 29.7. The van der Waals surface area contributed by atoms with Crippen LogP contribution < -0.4 is 0 Å². The van der Waals surface area contributed by atoms with Crippen molar-refractivity contribution >= 4 is 64.4 Å². The lowest BCUT2D eigenvalue weighted by Gasteiger charge is -2.08. The number of hydrogen-bond donors (Lipinski definition) is 0. The third-order valence-electron chi connectivity index (χ3n) is 9.90. The van der Waals surface area contributed by atoms with Crippen LogP contribution in [0.3, 0.4) is 0 Å². The number of thiophene rings is 1. The summed E-state index contributed by atoms with van der Waals surface area (Å²) in [7, 11) is 0. The van der Waals surface area contributed by atoms with Crippen molar-refractivity contribution in [2.75, 3.05) is 0 Å². The van der Waals surface area contributed by atoms with Gasteiger partial charge in [0.05, 0.1) is 11.0 Å². The van der Waals surface area contributed by atoms with Crippen molar-refractivity contribution in [3.8, 4) is 51.3 Å². The van der Waals surface area contributed by atoms with E-state index in [1.54, 1.807) is 11.3 Å². The Morgan fingerprint density at radius 2 is 0.981 bits per heavy atom. The van der Waals surface area contributed by atoms with E-state index in [9.17, 15) is 0 Å². The van der Waals surface area contributed by atoms with Crippen molar-refractivity contribution < 1.29 is 4.42 Å². The second-order valence-corrected chi connectivity index (χ2v) is 14.2. The molecule has 0 atom stereocenters. The minimum Gasteiger partial charge on any atom is -0.436 e. The van der Waals surface area contributed by atoms with E-state index in [2.05, 4.69) is 120 Å². The van der Waals surface area contributed by atoms with E-state index in [0.29, 0.717) is 28.9 Å². The highest BCUT2D eigenvalue weighted by Gasteiger charge is 2.17. The van der Waals surface area contributed by atoms with E-state index >= 15 is 0 Å². The van der Waals surface area contributed by atoms with Gasteiger partial charge in [-0.05, 0) is 78.9 Å². The van der Waals surface area contributed by atoms with Gasteiger partial charge >= 0.3 is 0 Å². The Morgan fingerprint density at radius 3 is 1.72 bits per heavy atom. The first-order valence-electron chi connectivity index (χ1n) is 17.5. The van der Waals surface area contributed by atoms with Crippen LogP contribution in [0.2, 0.25) is 0 Å². The number of rotatable bonds is 5. The molecule has 0 fully saturated rings. The summed E-state index contributed by atoms with van der Waals surface area (Å²) in [6, 6.07) is 56.4. The van der Waals surface area contributed by atoms with Crippen LogP contribution in [0.25, 0.3) is 104 Å². The molecule has 0 aliphatic rings. The molecule has 4 heterocycles. The predicted octanol–water partition coefficient (Wildman–Crippen LogP) is 12.1. The zero-order valence-electron chi connectivity index (χ0n) is 28.1. The van der Waals surface area contributed by atoms with E-state index in [1.807, 2.05) is 48.5 Å². The molecular formula is C46H27N5OS.